The van der Waals surface area contributed by atoms with Gasteiger partial charge >= 0.3 is 0 Å². The van der Waals surface area contributed by atoms with E-state index in [1.54, 1.807) is 6.07 Å². The Balaban J connectivity index is 2.54. The summed E-state index contributed by atoms with van der Waals surface area (Å²) >= 11 is 0. The van der Waals surface area contributed by atoms with Crippen LogP contribution in [0.25, 0.3) is 5.57 Å². The predicted molar refractivity (Wildman–Crippen MR) is 54.6 cm³/mol. The molecule has 13 heavy (non-hydrogen) atoms. The van der Waals surface area contributed by atoms with Crippen LogP contribution >= 0.6 is 0 Å². The molecule has 0 saturated carbocycles. The van der Waals surface area contributed by atoms with Crippen molar-refractivity contribution >= 4 is 5.57 Å². The van der Waals surface area contributed by atoms with Gasteiger partial charge in [-0.15, -0.1) is 0 Å². The van der Waals surface area contributed by atoms with Crippen molar-refractivity contribution in [2.75, 3.05) is 0 Å². The van der Waals surface area contributed by atoms with Gasteiger partial charge in [0.2, 0.25) is 0 Å². The number of phenolic OH excluding ortho intramolecular Hbond substituents is 1. The van der Waals surface area contributed by atoms with Gasteiger partial charge in [-0.2, -0.15) is 0 Å². The van der Waals surface area contributed by atoms with Crippen LogP contribution in [0.1, 0.15) is 25.0 Å². The summed E-state index contributed by atoms with van der Waals surface area (Å²) < 4.78 is 0. The summed E-state index contributed by atoms with van der Waals surface area (Å²) in [6.07, 6.45) is 3.33. The lowest BCUT2D eigenvalue weighted by Gasteiger charge is -2.19. The van der Waals surface area contributed by atoms with Crippen molar-refractivity contribution in [1.29, 1.82) is 0 Å². The number of phenols is 1. The molecule has 0 bridgehead atoms. The van der Waals surface area contributed by atoms with E-state index in [9.17, 15) is 5.11 Å². The van der Waals surface area contributed by atoms with Crippen molar-refractivity contribution < 1.29 is 5.11 Å². The monoisotopic (exact) mass is 174 g/mol. The summed E-state index contributed by atoms with van der Waals surface area (Å²) in [5, 5.41) is 9.34. The lowest BCUT2D eigenvalue weighted by atomic mass is 9.86. The first-order valence-corrected chi connectivity index (χ1v) is 4.67. The second-order valence-corrected chi connectivity index (χ2v) is 3.87. The van der Waals surface area contributed by atoms with E-state index in [-0.39, 0.29) is 0 Å². The molecule has 1 N–H and O–H groups in total. The fourth-order valence-electron chi connectivity index (χ4n) is 2.06. The van der Waals surface area contributed by atoms with Gasteiger partial charge in [-0.3, -0.25) is 0 Å². The molecule has 0 spiro atoms. The number of hydrogen-bond acceptors (Lipinski definition) is 1. The molecule has 68 valence electrons. The van der Waals surface area contributed by atoms with Crippen LogP contribution in [0.15, 0.2) is 24.3 Å². The summed E-state index contributed by atoms with van der Waals surface area (Å²) in [6, 6.07) is 5.64. The Morgan fingerprint density at radius 2 is 2.15 bits per heavy atom. The molecule has 0 radical (unpaired) electrons. The highest BCUT2D eigenvalue weighted by Gasteiger charge is 2.13. The SMILES string of the molecule is CC1=C[C@@H](C)Cc2cc(O)ccc21. The van der Waals surface area contributed by atoms with E-state index >= 15 is 0 Å². The van der Waals surface area contributed by atoms with Crippen molar-refractivity contribution in [1.82, 2.24) is 0 Å². The van der Waals surface area contributed by atoms with Crippen LogP contribution in [0.3, 0.4) is 0 Å². The fraction of sp³-hybridized carbons (Fsp3) is 0.333. The normalized spacial score (nSPS) is 20.8. The highest BCUT2D eigenvalue weighted by molar-refractivity contribution is 5.69. The van der Waals surface area contributed by atoms with Crippen LogP contribution in [-0.4, -0.2) is 5.11 Å². The molecule has 1 atom stereocenters. The van der Waals surface area contributed by atoms with Gasteiger partial charge in [0.15, 0.2) is 0 Å². The molecule has 1 aromatic rings. The topological polar surface area (TPSA) is 20.2 Å². The van der Waals surface area contributed by atoms with Gasteiger partial charge in [0.25, 0.3) is 0 Å². The Hall–Kier alpha value is -1.24. The smallest absolute Gasteiger partial charge is 0.115 e. The predicted octanol–water partition coefficient (Wildman–Crippen LogP) is 2.99. The average Bonchev–Trinajstić information content (AvgIpc) is 2.02. The standard InChI is InChI=1S/C12H14O/c1-8-5-9(2)12-4-3-11(13)7-10(12)6-8/h3-5,7-8,13H,6H2,1-2H3/t8-/m1/s1. The minimum atomic E-state index is 0.376. The average molecular weight is 174 g/mol. The Bertz CT molecular complexity index is 363. The van der Waals surface area contributed by atoms with E-state index < -0.39 is 0 Å². The highest BCUT2D eigenvalue weighted by atomic mass is 16.3. The summed E-state index contributed by atoms with van der Waals surface area (Å²) in [7, 11) is 0. The van der Waals surface area contributed by atoms with Crippen molar-refractivity contribution in [3.05, 3.63) is 35.4 Å². The highest BCUT2D eigenvalue weighted by Crippen LogP contribution is 2.30. The first kappa shape index (κ1) is 8.36. The zero-order valence-corrected chi connectivity index (χ0v) is 8.04. The minimum Gasteiger partial charge on any atom is -0.508 e. The maximum absolute atomic E-state index is 9.34. The van der Waals surface area contributed by atoms with Gasteiger partial charge in [0.1, 0.15) is 5.75 Å². The zero-order valence-electron chi connectivity index (χ0n) is 8.04. The van der Waals surface area contributed by atoms with Gasteiger partial charge in [-0.1, -0.05) is 19.1 Å². The minimum absolute atomic E-state index is 0.376. The largest absolute Gasteiger partial charge is 0.508 e. The lowest BCUT2D eigenvalue weighted by molar-refractivity contribution is 0.474. The maximum Gasteiger partial charge on any atom is 0.115 e. The molecule has 2 rings (SSSR count). The number of rotatable bonds is 0. The van der Waals surface area contributed by atoms with Crippen LogP contribution in [0.5, 0.6) is 5.75 Å². The molecule has 0 saturated heterocycles. The van der Waals surface area contributed by atoms with Gasteiger partial charge in [0, 0.05) is 0 Å². The molecule has 1 aliphatic carbocycles. The zero-order chi connectivity index (χ0) is 9.42. The fourth-order valence-corrected chi connectivity index (χ4v) is 2.06. The van der Waals surface area contributed by atoms with Gasteiger partial charge in [-0.25, -0.2) is 0 Å². The van der Waals surface area contributed by atoms with Crippen LogP contribution in [0.2, 0.25) is 0 Å². The molecule has 0 unspecified atom stereocenters. The molecular weight excluding hydrogens is 160 g/mol. The summed E-state index contributed by atoms with van der Waals surface area (Å²) in [4.78, 5) is 0. The van der Waals surface area contributed by atoms with Gasteiger partial charge < -0.3 is 5.11 Å². The van der Waals surface area contributed by atoms with E-state index in [1.807, 2.05) is 12.1 Å². The van der Waals surface area contributed by atoms with Crippen molar-refractivity contribution in [2.24, 2.45) is 5.92 Å². The lowest BCUT2D eigenvalue weighted by Crippen LogP contribution is -2.05. The number of fused-ring (bicyclic) bond motifs is 1. The molecule has 0 fully saturated rings. The van der Waals surface area contributed by atoms with Gasteiger partial charge in [0.05, 0.1) is 0 Å². The van der Waals surface area contributed by atoms with Crippen molar-refractivity contribution in [3.63, 3.8) is 0 Å². The van der Waals surface area contributed by atoms with E-state index in [0.29, 0.717) is 11.7 Å². The maximum atomic E-state index is 9.34. The quantitative estimate of drug-likeness (QED) is 0.641. The summed E-state index contributed by atoms with van der Waals surface area (Å²) in [6.45, 7) is 4.34. The third kappa shape index (κ3) is 1.46. The van der Waals surface area contributed by atoms with Crippen LogP contribution in [0, 0.1) is 5.92 Å². The molecule has 0 aromatic heterocycles. The van der Waals surface area contributed by atoms with E-state index in [4.69, 9.17) is 0 Å². The second-order valence-electron chi connectivity index (χ2n) is 3.87. The van der Waals surface area contributed by atoms with Gasteiger partial charge in [-0.05, 0) is 48.1 Å². The first-order chi connectivity index (χ1) is 6.16. The van der Waals surface area contributed by atoms with E-state index in [0.717, 1.165) is 6.42 Å². The van der Waals surface area contributed by atoms with Crippen LogP contribution < -0.4 is 0 Å². The number of benzene rings is 1. The number of aromatic hydroxyl groups is 1. The molecular formula is C12H14O. The van der Waals surface area contributed by atoms with E-state index in [1.165, 1.54) is 16.7 Å². The van der Waals surface area contributed by atoms with Crippen LogP contribution in [-0.2, 0) is 6.42 Å². The molecule has 0 aliphatic heterocycles. The Kier molecular flexibility index (Phi) is 1.87. The Morgan fingerprint density at radius 1 is 1.38 bits per heavy atom. The summed E-state index contributed by atoms with van der Waals surface area (Å²) in [5.41, 5.74) is 3.89. The number of allylic oxidation sites excluding steroid dienone is 2. The Morgan fingerprint density at radius 3 is 2.92 bits per heavy atom. The first-order valence-electron chi connectivity index (χ1n) is 4.67. The van der Waals surface area contributed by atoms with Crippen molar-refractivity contribution in [3.8, 4) is 5.75 Å². The molecule has 1 nitrogen and oxygen atoms in total. The number of hydrogen-bond donors (Lipinski definition) is 1. The molecule has 1 heteroatoms. The Labute approximate surface area is 78.7 Å². The molecule has 1 aliphatic rings. The molecule has 0 heterocycles. The summed E-state index contributed by atoms with van der Waals surface area (Å²) in [5.74, 6) is 0.968. The molecule has 0 amide bonds. The van der Waals surface area contributed by atoms with E-state index in [2.05, 4.69) is 19.9 Å². The van der Waals surface area contributed by atoms with Crippen molar-refractivity contribution in [2.45, 2.75) is 20.3 Å². The molecule has 1 aromatic carbocycles. The third-order valence-corrected chi connectivity index (χ3v) is 2.59. The second kappa shape index (κ2) is 2.91. The third-order valence-electron chi connectivity index (χ3n) is 2.59. The van der Waals surface area contributed by atoms with Crippen LogP contribution in [0.4, 0.5) is 0 Å².